The van der Waals surface area contributed by atoms with Gasteiger partial charge in [0.25, 0.3) is 0 Å². The first-order valence-electron chi connectivity index (χ1n) is 17.3. The molecule has 6 fully saturated rings. The number of allylic oxidation sites excluding steroid dienone is 1. The molecule has 1 aliphatic heterocycles. The molecule has 5 aliphatic carbocycles. The number of hydrogen-bond donors (Lipinski definition) is 6. The lowest BCUT2D eigenvalue weighted by Crippen LogP contribution is -2.74. The molecule has 43 heavy (non-hydrogen) atoms. The third kappa shape index (κ3) is 3.97. The Kier molecular flexibility index (Phi) is 7.71. The zero-order valence-electron chi connectivity index (χ0n) is 27.6. The third-order valence-corrected chi connectivity index (χ3v) is 16.2. The van der Waals surface area contributed by atoms with Crippen molar-refractivity contribution in [3.05, 3.63) is 12.2 Å². The van der Waals surface area contributed by atoms with Crippen LogP contribution in [0.1, 0.15) is 106 Å². The molecule has 0 spiro atoms. The van der Waals surface area contributed by atoms with E-state index >= 15 is 0 Å². The van der Waals surface area contributed by atoms with E-state index in [4.69, 9.17) is 4.74 Å². The molecule has 2 unspecified atom stereocenters. The summed E-state index contributed by atoms with van der Waals surface area (Å²) in [5.74, 6) is 1.88. The van der Waals surface area contributed by atoms with Gasteiger partial charge >= 0.3 is 0 Å². The van der Waals surface area contributed by atoms with Crippen LogP contribution in [0.15, 0.2) is 12.2 Å². The van der Waals surface area contributed by atoms with Gasteiger partial charge in [-0.2, -0.15) is 0 Å². The molecule has 7 nitrogen and oxygen atoms in total. The highest BCUT2D eigenvalue weighted by molar-refractivity contribution is 5.22. The summed E-state index contributed by atoms with van der Waals surface area (Å²) in [6.07, 6.45) is 4.50. The Morgan fingerprint density at radius 2 is 1.44 bits per heavy atom. The van der Waals surface area contributed by atoms with Gasteiger partial charge in [0.05, 0.1) is 6.61 Å². The number of hydrogen-bond acceptors (Lipinski definition) is 7. The van der Waals surface area contributed by atoms with Crippen molar-refractivity contribution in [2.24, 2.45) is 62.6 Å². The van der Waals surface area contributed by atoms with Gasteiger partial charge in [0.2, 0.25) is 0 Å². The van der Waals surface area contributed by atoms with Gasteiger partial charge in [-0.15, -0.1) is 0 Å². The van der Waals surface area contributed by atoms with E-state index in [9.17, 15) is 30.6 Å². The van der Waals surface area contributed by atoms with E-state index in [1.165, 1.54) is 18.4 Å². The molecule has 0 aromatic carbocycles. The van der Waals surface area contributed by atoms with Crippen LogP contribution in [-0.2, 0) is 4.74 Å². The summed E-state index contributed by atoms with van der Waals surface area (Å²) in [6, 6.07) is 0. The van der Waals surface area contributed by atoms with Crippen molar-refractivity contribution in [1.82, 2.24) is 0 Å². The summed E-state index contributed by atoms with van der Waals surface area (Å²) in [5.41, 5.74) is -0.738. The monoisotopic (exact) mass is 604 g/mol. The van der Waals surface area contributed by atoms with Crippen LogP contribution >= 0.6 is 0 Å². The van der Waals surface area contributed by atoms with Crippen LogP contribution < -0.4 is 0 Å². The number of aliphatic hydroxyl groups excluding tert-OH is 5. The molecule has 6 aliphatic rings. The van der Waals surface area contributed by atoms with Crippen molar-refractivity contribution in [3.63, 3.8) is 0 Å². The van der Waals surface area contributed by atoms with E-state index in [2.05, 4.69) is 48.1 Å². The van der Waals surface area contributed by atoms with Gasteiger partial charge in [-0.05, 0) is 134 Å². The predicted molar refractivity (Wildman–Crippen MR) is 164 cm³/mol. The summed E-state index contributed by atoms with van der Waals surface area (Å²) >= 11 is 0. The standard InChI is InChI=1S/C36H60O7/c1-20(2)21-10-15-35(19-38)17-16-33(6)22(27(21)35)8-9-26-32(5)13-11-25(31(3,4)24(32)12-14-34(26,33)7)36(42)28(39)23(18-37)43-30(41)29(36)40/h21-30,37-42H,1,8-19H2,2-7H3/t21-,22+,23+,24-,25?,26?,27+,28+,29-,30+,32-,33+,34+,35+,36-/m0/s1. The smallest absolute Gasteiger partial charge is 0.184 e. The Morgan fingerprint density at radius 3 is 2.07 bits per heavy atom. The van der Waals surface area contributed by atoms with E-state index in [0.717, 1.165) is 44.9 Å². The molecule has 0 aromatic heterocycles. The maximum absolute atomic E-state index is 12.1. The number of ether oxygens (including phenoxy) is 1. The molecule has 246 valence electrons. The highest BCUT2D eigenvalue weighted by Crippen LogP contribution is 2.78. The van der Waals surface area contributed by atoms with E-state index in [0.29, 0.717) is 36.7 Å². The topological polar surface area (TPSA) is 131 Å². The Hall–Kier alpha value is -0.540. The highest BCUT2D eigenvalue weighted by atomic mass is 16.6. The Balaban J connectivity index is 1.34. The van der Waals surface area contributed by atoms with Gasteiger partial charge in [-0.25, -0.2) is 0 Å². The normalized spacial score (nSPS) is 57.7. The van der Waals surface area contributed by atoms with Gasteiger partial charge in [0.15, 0.2) is 6.29 Å². The van der Waals surface area contributed by atoms with E-state index < -0.39 is 48.1 Å². The van der Waals surface area contributed by atoms with Crippen LogP contribution in [0, 0.1) is 62.6 Å². The number of rotatable bonds is 4. The third-order valence-electron chi connectivity index (χ3n) is 16.2. The van der Waals surface area contributed by atoms with Crippen molar-refractivity contribution < 1.29 is 35.4 Å². The lowest BCUT2D eigenvalue weighted by atomic mass is 9.31. The van der Waals surface area contributed by atoms with Crippen molar-refractivity contribution in [1.29, 1.82) is 0 Å². The first-order valence-corrected chi connectivity index (χ1v) is 17.3. The molecular formula is C36H60O7. The fraction of sp³-hybridized carbons (Fsp3) is 0.944. The molecule has 0 bridgehead atoms. The minimum absolute atomic E-state index is 0.0301. The molecule has 5 saturated carbocycles. The number of fused-ring (bicyclic) bond motifs is 7. The van der Waals surface area contributed by atoms with Crippen molar-refractivity contribution in [3.8, 4) is 0 Å². The van der Waals surface area contributed by atoms with Gasteiger partial charge in [-0.1, -0.05) is 46.8 Å². The molecule has 6 rings (SSSR count). The molecule has 7 heteroatoms. The maximum atomic E-state index is 12.1. The van der Waals surface area contributed by atoms with Crippen LogP contribution in [0.25, 0.3) is 0 Å². The van der Waals surface area contributed by atoms with Gasteiger partial charge < -0.3 is 35.4 Å². The average Bonchev–Trinajstić information content (AvgIpc) is 3.34. The fourth-order valence-corrected chi connectivity index (χ4v) is 14.0. The van der Waals surface area contributed by atoms with E-state index in [-0.39, 0.29) is 27.6 Å². The van der Waals surface area contributed by atoms with Crippen molar-refractivity contribution in [2.45, 2.75) is 136 Å². The zero-order chi connectivity index (χ0) is 31.5. The maximum Gasteiger partial charge on any atom is 0.184 e. The molecule has 0 amide bonds. The van der Waals surface area contributed by atoms with Crippen LogP contribution in [0.2, 0.25) is 0 Å². The summed E-state index contributed by atoms with van der Waals surface area (Å²) in [6.45, 7) is 18.4. The first-order chi connectivity index (χ1) is 20.0. The Labute approximate surface area is 259 Å². The number of aliphatic hydroxyl groups is 6. The molecule has 15 atom stereocenters. The second-order valence-electron chi connectivity index (χ2n) is 17.6. The van der Waals surface area contributed by atoms with Gasteiger partial charge in [-0.3, -0.25) is 0 Å². The van der Waals surface area contributed by atoms with Crippen molar-refractivity contribution >= 4 is 0 Å². The Morgan fingerprint density at radius 1 is 0.767 bits per heavy atom. The summed E-state index contributed by atoms with van der Waals surface area (Å²) < 4.78 is 5.28. The summed E-state index contributed by atoms with van der Waals surface area (Å²) in [5, 5.41) is 65.7. The Bertz CT molecular complexity index is 1110. The van der Waals surface area contributed by atoms with E-state index in [1.807, 2.05) is 0 Å². The SMILES string of the molecule is C=C(C)[C@@H]1CC[C@]2(CO)CC[C@]3(C)[C@H](CCC4[C@@]5(C)CCC([C@]6(O)[C@H](O)[C@@H](CO)O[C@@H](O)[C@@H]6O)C(C)(C)[C@@H]5CC[C@]43C)[C@@H]12. The molecular weight excluding hydrogens is 544 g/mol. The van der Waals surface area contributed by atoms with Crippen LogP contribution in [0.5, 0.6) is 0 Å². The largest absolute Gasteiger partial charge is 0.396 e. The minimum Gasteiger partial charge on any atom is -0.396 e. The lowest BCUT2D eigenvalue weighted by molar-refractivity contribution is -0.351. The lowest BCUT2D eigenvalue weighted by Gasteiger charge is -2.74. The van der Waals surface area contributed by atoms with Crippen LogP contribution in [0.4, 0.5) is 0 Å². The first kappa shape index (κ1) is 32.4. The van der Waals surface area contributed by atoms with Crippen LogP contribution in [0.3, 0.4) is 0 Å². The molecule has 6 N–H and O–H groups in total. The molecule has 0 aromatic rings. The second-order valence-corrected chi connectivity index (χ2v) is 17.6. The molecule has 0 radical (unpaired) electrons. The average molecular weight is 605 g/mol. The predicted octanol–water partition coefficient (Wildman–Crippen LogP) is 4.41. The molecule has 1 saturated heterocycles. The molecule has 1 heterocycles. The fourth-order valence-electron chi connectivity index (χ4n) is 14.0. The second kappa shape index (κ2) is 10.2. The summed E-state index contributed by atoms with van der Waals surface area (Å²) in [4.78, 5) is 0. The van der Waals surface area contributed by atoms with Crippen LogP contribution in [-0.4, -0.2) is 74.1 Å². The van der Waals surface area contributed by atoms with Gasteiger partial charge in [0, 0.05) is 6.61 Å². The zero-order valence-corrected chi connectivity index (χ0v) is 27.6. The van der Waals surface area contributed by atoms with Crippen molar-refractivity contribution in [2.75, 3.05) is 13.2 Å². The van der Waals surface area contributed by atoms with E-state index in [1.54, 1.807) is 0 Å². The summed E-state index contributed by atoms with van der Waals surface area (Å²) in [7, 11) is 0. The van der Waals surface area contributed by atoms with Gasteiger partial charge in [0.1, 0.15) is 23.9 Å². The quantitative estimate of drug-likeness (QED) is 0.262. The minimum atomic E-state index is -1.99. The highest BCUT2D eigenvalue weighted by Gasteiger charge is 2.73.